The Kier molecular flexibility index (Phi) is 2.88. The number of carbonyl (C=O) groups excluding carboxylic acids is 1. The Morgan fingerprint density at radius 1 is 1.45 bits per heavy atom. The quantitative estimate of drug-likeness (QED) is 0.602. The number of hydrogen-bond donors (Lipinski definition) is 1. The summed E-state index contributed by atoms with van der Waals surface area (Å²) in [6.45, 7) is 4.07. The van der Waals surface area contributed by atoms with Gasteiger partial charge in [0.05, 0.1) is 0 Å². The summed E-state index contributed by atoms with van der Waals surface area (Å²) in [5.41, 5.74) is 0. The number of hydrogen-bond acceptors (Lipinski definition) is 2. The molecule has 3 nitrogen and oxygen atoms in total. The van der Waals surface area contributed by atoms with Crippen molar-refractivity contribution in [3.05, 3.63) is 6.92 Å². The molecule has 0 aromatic rings. The van der Waals surface area contributed by atoms with E-state index in [9.17, 15) is 4.79 Å². The lowest BCUT2D eigenvalue weighted by atomic mass is 10.2. The van der Waals surface area contributed by atoms with Gasteiger partial charge in [-0.05, 0) is 19.8 Å². The summed E-state index contributed by atoms with van der Waals surface area (Å²) in [6.07, 6.45) is 2.71. The molecule has 1 atom stereocenters. The molecule has 0 spiro atoms. The molecule has 1 aliphatic heterocycles. The van der Waals surface area contributed by atoms with Crippen LogP contribution in [-0.4, -0.2) is 28.7 Å². The SMILES string of the molecule is [CH2]C(O)N1CCCCCC1=O. The third-order valence-corrected chi connectivity index (χ3v) is 1.97. The van der Waals surface area contributed by atoms with Crippen LogP contribution in [0.2, 0.25) is 0 Å². The Morgan fingerprint density at radius 3 is 2.82 bits per heavy atom. The Balaban J connectivity index is 2.52. The zero-order chi connectivity index (χ0) is 8.27. The molecule has 0 saturated carbocycles. The average Bonchev–Trinajstić information content (AvgIpc) is 2.13. The molecule has 1 unspecified atom stereocenters. The van der Waals surface area contributed by atoms with E-state index in [-0.39, 0.29) is 5.91 Å². The number of rotatable bonds is 1. The van der Waals surface area contributed by atoms with Crippen LogP contribution in [0, 0.1) is 6.92 Å². The van der Waals surface area contributed by atoms with Gasteiger partial charge in [-0.15, -0.1) is 0 Å². The fourth-order valence-electron chi connectivity index (χ4n) is 1.32. The van der Waals surface area contributed by atoms with Crippen molar-refractivity contribution in [2.45, 2.75) is 31.9 Å². The molecule has 0 bridgehead atoms. The summed E-state index contributed by atoms with van der Waals surface area (Å²) >= 11 is 0. The molecule has 1 aliphatic rings. The first-order valence-electron chi connectivity index (χ1n) is 4.02. The largest absolute Gasteiger partial charge is 0.374 e. The van der Waals surface area contributed by atoms with E-state index in [0.717, 1.165) is 19.3 Å². The third kappa shape index (κ3) is 2.19. The highest BCUT2D eigenvalue weighted by Crippen LogP contribution is 2.12. The van der Waals surface area contributed by atoms with Crippen molar-refractivity contribution in [3.8, 4) is 0 Å². The lowest BCUT2D eigenvalue weighted by Crippen LogP contribution is -2.38. The van der Waals surface area contributed by atoms with Crippen molar-refractivity contribution in [1.82, 2.24) is 4.90 Å². The Hall–Kier alpha value is -0.570. The molecule has 1 amide bonds. The van der Waals surface area contributed by atoms with Crippen LogP contribution in [0.5, 0.6) is 0 Å². The number of nitrogens with zero attached hydrogens (tertiary/aromatic N) is 1. The Morgan fingerprint density at radius 2 is 2.18 bits per heavy atom. The highest BCUT2D eigenvalue weighted by molar-refractivity contribution is 5.76. The zero-order valence-electron chi connectivity index (χ0n) is 6.62. The standard InChI is InChI=1S/C8H14NO2/c1-7(10)9-6-4-2-3-5-8(9)11/h7,10H,1-6H2. The molecule has 0 aromatic heterocycles. The first kappa shape index (κ1) is 8.53. The second-order valence-corrected chi connectivity index (χ2v) is 2.88. The number of carbonyl (C=O) groups is 1. The van der Waals surface area contributed by atoms with Gasteiger partial charge in [0.25, 0.3) is 0 Å². The van der Waals surface area contributed by atoms with Gasteiger partial charge in [-0.25, -0.2) is 0 Å². The van der Waals surface area contributed by atoms with Crippen LogP contribution in [0.15, 0.2) is 0 Å². The van der Waals surface area contributed by atoms with Crippen molar-refractivity contribution in [3.63, 3.8) is 0 Å². The normalized spacial score (nSPS) is 23.1. The van der Waals surface area contributed by atoms with Gasteiger partial charge in [0, 0.05) is 13.0 Å². The first-order valence-corrected chi connectivity index (χ1v) is 4.02. The van der Waals surface area contributed by atoms with Gasteiger partial charge in [-0.2, -0.15) is 0 Å². The molecular weight excluding hydrogens is 142 g/mol. The van der Waals surface area contributed by atoms with Gasteiger partial charge in [-0.3, -0.25) is 4.79 Å². The summed E-state index contributed by atoms with van der Waals surface area (Å²) in [5.74, 6) is 0.0324. The van der Waals surface area contributed by atoms with Crippen LogP contribution < -0.4 is 0 Å². The summed E-state index contributed by atoms with van der Waals surface area (Å²) in [5, 5.41) is 9.07. The van der Waals surface area contributed by atoms with Gasteiger partial charge in [-0.1, -0.05) is 6.42 Å². The lowest BCUT2D eigenvalue weighted by molar-refractivity contribution is -0.137. The van der Waals surface area contributed by atoms with Crippen LogP contribution in [0.25, 0.3) is 0 Å². The molecule has 0 aliphatic carbocycles. The molecule has 63 valence electrons. The molecule has 0 aromatic carbocycles. The van der Waals surface area contributed by atoms with Crippen LogP contribution in [0.3, 0.4) is 0 Å². The summed E-state index contributed by atoms with van der Waals surface area (Å²) in [7, 11) is 0. The predicted molar refractivity (Wildman–Crippen MR) is 41.5 cm³/mol. The van der Waals surface area contributed by atoms with E-state index in [0.29, 0.717) is 13.0 Å². The van der Waals surface area contributed by atoms with Gasteiger partial charge in [0.2, 0.25) is 5.91 Å². The van der Waals surface area contributed by atoms with Crippen LogP contribution in [-0.2, 0) is 4.79 Å². The Labute approximate surface area is 67.0 Å². The zero-order valence-corrected chi connectivity index (χ0v) is 6.62. The number of aliphatic hydroxyl groups is 1. The molecule has 1 rings (SSSR count). The topological polar surface area (TPSA) is 40.5 Å². The van der Waals surface area contributed by atoms with Crippen molar-refractivity contribution in [2.75, 3.05) is 6.54 Å². The molecule has 11 heavy (non-hydrogen) atoms. The molecule has 1 saturated heterocycles. The van der Waals surface area contributed by atoms with E-state index >= 15 is 0 Å². The van der Waals surface area contributed by atoms with Crippen molar-refractivity contribution < 1.29 is 9.90 Å². The fourth-order valence-corrected chi connectivity index (χ4v) is 1.32. The smallest absolute Gasteiger partial charge is 0.224 e. The van der Waals surface area contributed by atoms with E-state index in [1.807, 2.05) is 0 Å². The summed E-state index contributed by atoms with van der Waals surface area (Å²) in [6, 6.07) is 0. The predicted octanol–water partition coefficient (Wildman–Crippen LogP) is 0.541. The molecule has 1 fully saturated rings. The number of aliphatic hydroxyl groups excluding tert-OH is 1. The van der Waals surface area contributed by atoms with E-state index in [2.05, 4.69) is 6.92 Å². The first-order chi connectivity index (χ1) is 5.22. The highest BCUT2D eigenvalue weighted by Gasteiger charge is 2.19. The minimum atomic E-state index is -0.861. The minimum Gasteiger partial charge on any atom is -0.374 e. The van der Waals surface area contributed by atoms with E-state index in [4.69, 9.17) is 5.11 Å². The summed E-state index contributed by atoms with van der Waals surface area (Å²) in [4.78, 5) is 12.6. The van der Waals surface area contributed by atoms with E-state index in [1.165, 1.54) is 4.90 Å². The van der Waals surface area contributed by atoms with E-state index in [1.54, 1.807) is 0 Å². The van der Waals surface area contributed by atoms with Crippen LogP contribution in [0.4, 0.5) is 0 Å². The summed E-state index contributed by atoms with van der Waals surface area (Å²) < 4.78 is 0. The second kappa shape index (κ2) is 3.72. The van der Waals surface area contributed by atoms with Gasteiger partial charge in [0.1, 0.15) is 6.23 Å². The maximum absolute atomic E-state index is 11.2. The number of likely N-dealkylation sites (tertiary alicyclic amines) is 1. The fraction of sp³-hybridized carbons (Fsp3) is 0.750. The van der Waals surface area contributed by atoms with Gasteiger partial charge in [0.15, 0.2) is 0 Å². The minimum absolute atomic E-state index is 0.0324. The van der Waals surface area contributed by atoms with Crippen molar-refractivity contribution >= 4 is 5.91 Å². The Bertz CT molecular complexity index is 145. The molecule has 3 heteroatoms. The second-order valence-electron chi connectivity index (χ2n) is 2.88. The van der Waals surface area contributed by atoms with Crippen LogP contribution in [0.1, 0.15) is 25.7 Å². The van der Waals surface area contributed by atoms with Crippen molar-refractivity contribution in [2.24, 2.45) is 0 Å². The molecular formula is C8H14NO2. The maximum atomic E-state index is 11.2. The van der Waals surface area contributed by atoms with Gasteiger partial charge >= 0.3 is 0 Å². The lowest BCUT2D eigenvalue weighted by Gasteiger charge is -2.23. The number of amides is 1. The monoisotopic (exact) mass is 156 g/mol. The maximum Gasteiger partial charge on any atom is 0.224 e. The van der Waals surface area contributed by atoms with Gasteiger partial charge < -0.3 is 10.0 Å². The third-order valence-electron chi connectivity index (χ3n) is 1.97. The van der Waals surface area contributed by atoms with Crippen LogP contribution >= 0.6 is 0 Å². The van der Waals surface area contributed by atoms with E-state index < -0.39 is 6.23 Å². The average molecular weight is 156 g/mol. The molecule has 1 N–H and O–H groups in total. The highest BCUT2D eigenvalue weighted by atomic mass is 16.3. The molecule has 1 heterocycles. The van der Waals surface area contributed by atoms with Crippen molar-refractivity contribution in [1.29, 1.82) is 0 Å². The molecule has 1 radical (unpaired) electrons.